The quantitative estimate of drug-likeness (QED) is 0.610. The minimum absolute atomic E-state index is 0.214. The molecule has 0 atom stereocenters. The smallest absolute Gasteiger partial charge is 0.0700 e. The van der Waals surface area contributed by atoms with Gasteiger partial charge in [0.15, 0.2) is 0 Å². The molecule has 0 aromatic carbocycles. The molecule has 0 aromatic rings. The summed E-state index contributed by atoms with van der Waals surface area (Å²) in [6.45, 7) is 12.5. The summed E-state index contributed by atoms with van der Waals surface area (Å²) in [5.41, 5.74) is 0.214. The van der Waals surface area contributed by atoms with Crippen LogP contribution in [-0.2, 0) is 9.47 Å². The topological polar surface area (TPSA) is 30.5 Å². The van der Waals surface area contributed by atoms with Gasteiger partial charge in [0.25, 0.3) is 0 Å². The van der Waals surface area contributed by atoms with Crippen molar-refractivity contribution < 1.29 is 9.47 Å². The zero-order valence-electron chi connectivity index (χ0n) is 10.1. The monoisotopic (exact) mass is 203 g/mol. The van der Waals surface area contributed by atoms with Crippen molar-refractivity contribution in [2.75, 3.05) is 33.0 Å². The first-order valence-corrected chi connectivity index (χ1v) is 5.47. The summed E-state index contributed by atoms with van der Waals surface area (Å²) in [7, 11) is 0. The molecule has 0 amide bonds. The van der Waals surface area contributed by atoms with Crippen molar-refractivity contribution in [3.8, 4) is 0 Å². The third-order valence-electron chi connectivity index (χ3n) is 1.70. The number of rotatable bonds is 8. The maximum Gasteiger partial charge on any atom is 0.0700 e. The molecule has 0 unspecified atom stereocenters. The van der Waals surface area contributed by atoms with Crippen LogP contribution in [0.3, 0.4) is 0 Å². The first-order valence-electron chi connectivity index (χ1n) is 5.47. The fourth-order valence-corrected chi connectivity index (χ4v) is 1.00. The van der Waals surface area contributed by atoms with Crippen LogP contribution in [0, 0.1) is 0 Å². The molecule has 0 aromatic heterocycles. The highest BCUT2D eigenvalue weighted by Crippen LogP contribution is 1.97. The Balaban J connectivity index is 2.99. The maximum absolute atomic E-state index is 5.39. The van der Waals surface area contributed by atoms with Gasteiger partial charge in [-0.1, -0.05) is 0 Å². The van der Waals surface area contributed by atoms with E-state index in [0.29, 0.717) is 13.2 Å². The van der Waals surface area contributed by atoms with Crippen LogP contribution in [0.1, 0.15) is 34.1 Å². The van der Waals surface area contributed by atoms with E-state index >= 15 is 0 Å². The SMILES string of the molecule is CCOCCOCCCNC(C)(C)C. The van der Waals surface area contributed by atoms with E-state index in [-0.39, 0.29) is 5.54 Å². The Morgan fingerprint density at radius 3 is 2.21 bits per heavy atom. The van der Waals surface area contributed by atoms with E-state index in [2.05, 4.69) is 26.1 Å². The lowest BCUT2D eigenvalue weighted by Crippen LogP contribution is -2.36. The second-order valence-electron chi connectivity index (χ2n) is 4.34. The van der Waals surface area contributed by atoms with Gasteiger partial charge in [-0.25, -0.2) is 0 Å². The molecule has 0 radical (unpaired) electrons. The average Bonchev–Trinajstić information content (AvgIpc) is 2.08. The molecule has 0 aliphatic heterocycles. The minimum Gasteiger partial charge on any atom is -0.379 e. The highest BCUT2D eigenvalue weighted by Gasteiger charge is 2.06. The fourth-order valence-electron chi connectivity index (χ4n) is 1.00. The van der Waals surface area contributed by atoms with E-state index in [4.69, 9.17) is 9.47 Å². The number of ether oxygens (including phenoxy) is 2. The van der Waals surface area contributed by atoms with Crippen LogP contribution in [-0.4, -0.2) is 38.5 Å². The Morgan fingerprint density at radius 1 is 1.00 bits per heavy atom. The summed E-state index contributed by atoms with van der Waals surface area (Å²) in [6, 6.07) is 0. The van der Waals surface area contributed by atoms with Gasteiger partial charge in [0.2, 0.25) is 0 Å². The number of hydrogen-bond donors (Lipinski definition) is 1. The van der Waals surface area contributed by atoms with Crippen LogP contribution in [0.25, 0.3) is 0 Å². The van der Waals surface area contributed by atoms with E-state index < -0.39 is 0 Å². The highest BCUT2D eigenvalue weighted by molar-refractivity contribution is 4.69. The molecule has 0 fully saturated rings. The van der Waals surface area contributed by atoms with Gasteiger partial charge in [-0.2, -0.15) is 0 Å². The number of nitrogens with one attached hydrogen (secondary N) is 1. The minimum atomic E-state index is 0.214. The molecule has 86 valence electrons. The van der Waals surface area contributed by atoms with Crippen LogP contribution >= 0.6 is 0 Å². The Morgan fingerprint density at radius 2 is 1.64 bits per heavy atom. The molecule has 1 N–H and O–H groups in total. The summed E-state index contributed by atoms with van der Waals surface area (Å²) in [6.07, 6.45) is 1.06. The summed E-state index contributed by atoms with van der Waals surface area (Å²) in [5.74, 6) is 0. The third-order valence-corrected chi connectivity index (χ3v) is 1.70. The van der Waals surface area contributed by atoms with Crippen LogP contribution in [0.15, 0.2) is 0 Å². The molecule has 0 spiro atoms. The van der Waals surface area contributed by atoms with E-state index in [1.54, 1.807) is 0 Å². The van der Waals surface area contributed by atoms with Gasteiger partial charge < -0.3 is 14.8 Å². The van der Waals surface area contributed by atoms with E-state index in [1.807, 2.05) is 6.92 Å². The molecular formula is C11H25NO2. The molecule has 0 saturated heterocycles. The van der Waals surface area contributed by atoms with Crippen LogP contribution in [0.4, 0.5) is 0 Å². The molecule has 0 saturated carbocycles. The van der Waals surface area contributed by atoms with Crippen molar-refractivity contribution in [1.29, 1.82) is 0 Å². The van der Waals surface area contributed by atoms with Crippen LogP contribution in [0.5, 0.6) is 0 Å². The summed E-state index contributed by atoms with van der Waals surface area (Å²) >= 11 is 0. The lowest BCUT2D eigenvalue weighted by atomic mass is 10.1. The molecule has 3 nitrogen and oxygen atoms in total. The van der Waals surface area contributed by atoms with Crippen LogP contribution in [0.2, 0.25) is 0 Å². The maximum atomic E-state index is 5.39. The van der Waals surface area contributed by atoms with E-state index in [9.17, 15) is 0 Å². The average molecular weight is 203 g/mol. The number of hydrogen-bond acceptors (Lipinski definition) is 3. The highest BCUT2D eigenvalue weighted by atomic mass is 16.5. The van der Waals surface area contributed by atoms with Crippen molar-refractivity contribution in [1.82, 2.24) is 5.32 Å². The standard InChI is InChI=1S/C11H25NO2/c1-5-13-9-10-14-8-6-7-12-11(2,3)4/h12H,5-10H2,1-4H3. The fraction of sp³-hybridized carbons (Fsp3) is 1.00. The first kappa shape index (κ1) is 13.9. The van der Waals surface area contributed by atoms with Gasteiger partial charge in [-0.05, 0) is 40.7 Å². The molecule has 3 heteroatoms. The first-order chi connectivity index (χ1) is 6.56. The van der Waals surface area contributed by atoms with Gasteiger partial charge in [0, 0.05) is 18.8 Å². The third kappa shape index (κ3) is 11.9. The Kier molecular flexibility index (Phi) is 8.14. The van der Waals surface area contributed by atoms with Crippen molar-refractivity contribution in [3.63, 3.8) is 0 Å². The summed E-state index contributed by atoms with van der Waals surface area (Å²) < 4.78 is 10.5. The van der Waals surface area contributed by atoms with Crippen molar-refractivity contribution >= 4 is 0 Å². The molecule has 0 aliphatic rings. The Bertz CT molecular complexity index is 121. The predicted molar refractivity (Wildman–Crippen MR) is 59.7 cm³/mol. The lowest BCUT2D eigenvalue weighted by molar-refractivity contribution is 0.0516. The zero-order valence-corrected chi connectivity index (χ0v) is 10.1. The van der Waals surface area contributed by atoms with Crippen LogP contribution < -0.4 is 5.32 Å². The van der Waals surface area contributed by atoms with Crippen molar-refractivity contribution in [2.24, 2.45) is 0 Å². The molecule has 0 rings (SSSR count). The van der Waals surface area contributed by atoms with Gasteiger partial charge in [0.05, 0.1) is 13.2 Å². The van der Waals surface area contributed by atoms with Gasteiger partial charge >= 0.3 is 0 Å². The predicted octanol–water partition coefficient (Wildman–Crippen LogP) is 1.82. The normalized spacial score (nSPS) is 12.0. The van der Waals surface area contributed by atoms with Gasteiger partial charge in [-0.15, -0.1) is 0 Å². The second-order valence-corrected chi connectivity index (χ2v) is 4.34. The molecular weight excluding hydrogens is 178 g/mol. The largest absolute Gasteiger partial charge is 0.379 e. The molecule has 0 heterocycles. The Hall–Kier alpha value is -0.120. The second kappa shape index (κ2) is 8.21. The lowest BCUT2D eigenvalue weighted by Gasteiger charge is -2.20. The van der Waals surface area contributed by atoms with Gasteiger partial charge in [0.1, 0.15) is 0 Å². The summed E-state index contributed by atoms with van der Waals surface area (Å²) in [5, 5.41) is 3.41. The zero-order chi connectivity index (χ0) is 10.9. The molecule has 0 aliphatic carbocycles. The Labute approximate surface area is 88.2 Å². The molecule has 0 bridgehead atoms. The van der Waals surface area contributed by atoms with E-state index in [1.165, 1.54) is 0 Å². The van der Waals surface area contributed by atoms with Gasteiger partial charge in [-0.3, -0.25) is 0 Å². The van der Waals surface area contributed by atoms with Crippen molar-refractivity contribution in [2.45, 2.75) is 39.7 Å². The molecule has 14 heavy (non-hydrogen) atoms. The van der Waals surface area contributed by atoms with E-state index in [0.717, 1.165) is 26.2 Å². The summed E-state index contributed by atoms with van der Waals surface area (Å²) in [4.78, 5) is 0. The van der Waals surface area contributed by atoms with Crippen molar-refractivity contribution in [3.05, 3.63) is 0 Å².